The van der Waals surface area contributed by atoms with Crippen molar-refractivity contribution in [1.29, 1.82) is 0 Å². The molecular formula is C15H21NO3S2. The summed E-state index contributed by atoms with van der Waals surface area (Å²) in [6, 6.07) is 1.89. The Morgan fingerprint density at radius 3 is 2.76 bits per heavy atom. The highest BCUT2D eigenvalue weighted by Gasteiger charge is 2.30. The molecule has 2 rings (SSSR count). The summed E-state index contributed by atoms with van der Waals surface area (Å²) in [5.41, 5.74) is 0.826. The first-order valence-corrected chi connectivity index (χ1v) is 9.54. The third kappa shape index (κ3) is 4.30. The second-order valence-corrected chi connectivity index (χ2v) is 8.64. The maximum atomic E-state index is 12.5. The summed E-state index contributed by atoms with van der Waals surface area (Å²) in [5, 5.41) is 10.3. The molecule has 21 heavy (non-hydrogen) atoms. The van der Waals surface area contributed by atoms with Crippen LogP contribution < -0.4 is 0 Å². The summed E-state index contributed by atoms with van der Waals surface area (Å²) < 4.78 is 26.5. The van der Waals surface area contributed by atoms with Gasteiger partial charge in [-0.05, 0) is 18.9 Å². The van der Waals surface area contributed by atoms with E-state index in [4.69, 9.17) is 5.11 Å². The molecule has 4 nitrogen and oxygen atoms in total. The van der Waals surface area contributed by atoms with Gasteiger partial charge in [0.15, 0.2) is 0 Å². The average molecular weight is 327 g/mol. The largest absolute Gasteiger partial charge is 0.384 e. The van der Waals surface area contributed by atoms with Gasteiger partial charge in [-0.2, -0.15) is 4.31 Å². The van der Waals surface area contributed by atoms with Crippen LogP contribution in [0.5, 0.6) is 0 Å². The second kappa shape index (κ2) is 7.41. The Kier molecular flexibility index (Phi) is 5.82. The second-order valence-electron chi connectivity index (χ2n) is 5.32. The van der Waals surface area contributed by atoms with Gasteiger partial charge in [-0.15, -0.1) is 11.3 Å². The fourth-order valence-corrected chi connectivity index (χ4v) is 5.30. The molecule has 1 aliphatic carbocycles. The van der Waals surface area contributed by atoms with E-state index in [2.05, 4.69) is 11.8 Å². The molecular weight excluding hydrogens is 306 g/mol. The summed E-state index contributed by atoms with van der Waals surface area (Å²) in [7, 11) is -1.55. The zero-order valence-electron chi connectivity index (χ0n) is 12.2. The van der Waals surface area contributed by atoms with Crippen LogP contribution in [0.3, 0.4) is 0 Å². The first-order chi connectivity index (χ1) is 10.0. The molecule has 0 amide bonds. The lowest BCUT2D eigenvalue weighted by Gasteiger charge is -2.26. The minimum Gasteiger partial charge on any atom is -0.384 e. The molecule has 0 bridgehead atoms. The summed E-state index contributed by atoms with van der Waals surface area (Å²) >= 11 is 1.50. The van der Waals surface area contributed by atoms with Gasteiger partial charge >= 0.3 is 0 Å². The van der Waals surface area contributed by atoms with E-state index in [-0.39, 0.29) is 11.9 Å². The topological polar surface area (TPSA) is 57.6 Å². The highest BCUT2D eigenvalue weighted by Crippen LogP contribution is 2.27. The van der Waals surface area contributed by atoms with E-state index in [1.165, 1.54) is 15.6 Å². The van der Waals surface area contributed by atoms with Gasteiger partial charge in [0.05, 0.1) is 5.25 Å². The Bertz CT molecular complexity index is 619. The molecule has 0 unspecified atom stereocenters. The standard InChI is InChI=1S/C15H21NO3S2/c1-16(21(18,19)15-7-3-2-4-8-15)11-14-10-13(12-20-14)6-5-9-17/h10,12,15,17H,2-4,7-9,11H2,1H3. The number of rotatable bonds is 4. The Labute approximate surface area is 130 Å². The lowest BCUT2D eigenvalue weighted by molar-refractivity contribution is 0.350. The Hall–Kier alpha value is -0.870. The van der Waals surface area contributed by atoms with Crippen LogP contribution in [0, 0.1) is 11.8 Å². The predicted molar refractivity (Wildman–Crippen MR) is 85.5 cm³/mol. The molecule has 1 aromatic rings. The molecule has 6 heteroatoms. The summed E-state index contributed by atoms with van der Waals surface area (Å²) in [6.45, 7) is 0.228. The van der Waals surface area contributed by atoms with Crippen molar-refractivity contribution in [2.45, 2.75) is 43.9 Å². The van der Waals surface area contributed by atoms with Crippen molar-refractivity contribution in [1.82, 2.24) is 4.31 Å². The molecule has 0 aromatic carbocycles. The SMILES string of the molecule is CN(Cc1cc(C#CCO)cs1)S(=O)(=O)C1CCCCC1. The summed E-state index contributed by atoms with van der Waals surface area (Å²) in [6.07, 6.45) is 4.73. The van der Waals surface area contributed by atoms with Crippen molar-refractivity contribution in [3.63, 3.8) is 0 Å². The average Bonchev–Trinajstić information content (AvgIpc) is 2.93. The number of thiophene rings is 1. The fraction of sp³-hybridized carbons (Fsp3) is 0.600. The Balaban J connectivity index is 2.02. The molecule has 0 saturated heterocycles. The van der Waals surface area contributed by atoms with Crippen LogP contribution in [0.1, 0.15) is 42.5 Å². The number of hydrogen-bond donors (Lipinski definition) is 1. The maximum Gasteiger partial charge on any atom is 0.217 e. The van der Waals surface area contributed by atoms with Crippen molar-refractivity contribution < 1.29 is 13.5 Å². The van der Waals surface area contributed by atoms with Crippen LogP contribution in [-0.2, 0) is 16.6 Å². The molecule has 1 fully saturated rings. The molecule has 0 atom stereocenters. The van der Waals surface area contributed by atoms with Crippen molar-refractivity contribution in [3.05, 3.63) is 21.9 Å². The number of aliphatic hydroxyl groups excluding tert-OH is 1. The third-order valence-electron chi connectivity index (χ3n) is 3.75. The number of aliphatic hydroxyl groups is 1. The molecule has 116 valence electrons. The third-order valence-corrected chi connectivity index (χ3v) is 6.99. The molecule has 1 saturated carbocycles. The molecule has 1 aliphatic rings. The van der Waals surface area contributed by atoms with Gasteiger partial charge in [0, 0.05) is 29.4 Å². The number of hydrogen-bond acceptors (Lipinski definition) is 4. The highest BCUT2D eigenvalue weighted by atomic mass is 32.2. The van der Waals surface area contributed by atoms with E-state index in [1.54, 1.807) is 7.05 Å². The molecule has 0 aliphatic heterocycles. The monoisotopic (exact) mass is 327 g/mol. The lowest BCUT2D eigenvalue weighted by atomic mass is 10.0. The van der Waals surface area contributed by atoms with Crippen LogP contribution in [0.4, 0.5) is 0 Å². The first-order valence-electron chi connectivity index (χ1n) is 7.16. The van der Waals surface area contributed by atoms with Gasteiger partial charge in [0.25, 0.3) is 0 Å². The van der Waals surface area contributed by atoms with E-state index in [0.717, 1.165) is 42.5 Å². The van der Waals surface area contributed by atoms with Crippen molar-refractivity contribution >= 4 is 21.4 Å². The van der Waals surface area contributed by atoms with E-state index in [1.807, 2.05) is 11.4 Å². The van der Waals surface area contributed by atoms with Gasteiger partial charge in [-0.25, -0.2) is 8.42 Å². The summed E-state index contributed by atoms with van der Waals surface area (Å²) in [5.74, 6) is 5.43. The van der Waals surface area contributed by atoms with Crippen molar-refractivity contribution in [2.24, 2.45) is 0 Å². The molecule has 1 aromatic heterocycles. The Morgan fingerprint density at radius 2 is 2.10 bits per heavy atom. The van der Waals surface area contributed by atoms with Gasteiger partial charge in [0.2, 0.25) is 10.0 Å². The normalized spacial score (nSPS) is 16.7. The van der Waals surface area contributed by atoms with E-state index >= 15 is 0 Å². The van der Waals surface area contributed by atoms with Gasteiger partial charge < -0.3 is 5.11 Å². The Morgan fingerprint density at radius 1 is 1.38 bits per heavy atom. The van der Waals surface area contributed by atoms with Gasteiger partial charge in [-0.3, -0.25) is 0 Å². The van der Waals surface area contributed by atoms with E-state index in [9.17, 15) is 8.42 Å². The minimum absolute atomic E-state index is 0.166. The molecule has 0 spiro atoms. The van der Waals surface area contributed by atoms with Crippen molar-refractivity contribution in [3.8, 4) is 11.8 Å². The van der Waals surface area contributed by atoms with E-state index < -0.39 is 10.0 Å². The predicted octanol–water partition coefficient (Wildman–Crippen LogP) is 2.19. The van der Waals surface area contributed by atoms with Gasteiger partial charge in [0.1, 0.15) is 6.61 Å². The molecule has 1 heterocycles. The maximum absolute atomic E-state index is 12.5. The first kappa shape index (κ1) is 16.5. The molecule has 0 radical (unpaired) electrons. The van der Waals surface area contributed by atoms with Crippen LogP contribution in [0.2, 0.25) is 0 Å². The van der Waals surface area contributed by atoms with Crippen LogP contribution in [0.25, 0.3) is 0 Å². The zero-order valence-corrected chi connectivity index (χ0v) is 13.8. The summed E-state index contributed by atoms with van der Waals surface area (Å²) in [4.78, 5) is 0.971. The van der Waals surface area contributed by atoms with Gasteiger partial charge in [-0.1, -0.05) is 31.1 Å². The fourth-order valence-electron chi connectivity index (χ4n) is 2.60. The van der Waals surface area contributed by atoms with E-state index in [0.29, 0.717) is 6.54 Å². The number of nitrogens with zero attached hydrogens (tertiary/aromatic N) is 1. The zero-order chi connectivity index (χ0) is 15.3. The number of sulfonamides is 1. The lowest BCUT2D eigenvalue weighted by Crippen LogP contribution is -2.36. The minimum atomic E-state index is -3.20. The highest BCUT2D eigenvalue weighted by molar-refractivity contribution is 7.89. The molecule has 1 N–H and O–H groups in total. The van der Waals surface area contributed by atoms with Crippen molar-refractivity contribution in [2.75, 3.05) is 13.7 Å². The smallest absolute Gasteiger partial charge is 0.217 e. The quantitative estimate of drug-likeness (QED) is 0.863. The van der Waals surface area contributed by atoms with Crippen LogP contribution >= 0.6 is 11.3 Å². The van der Waals surface area contributed by atoms with Crippen LogP contribution in [0.15, 0.2) is 11.4 Å². The van der Waals surface area contributed by atoms with Crippen LogP contribution in [-0.4, -0.2) is 36.7 Å².